The van der Waals surface area contributed by atoms with Crippen LogP contribution in [0, 0.1) is 5.82 Å². The molecule has 1 aliphatic heterocycles. The summed E-state index contributed by atoms with van der Waals surface area (Å²) in [5.74, 6) is -0.293. The number of likely N-dealkylation sites (tertiary alicyclic amines) is 1. The average molecular weight is 392 g/mol. The lowest BCUT2D eigenvalue weighted by molar-refractivity contribution is 0.0792. The van der Waals surface area contributed by atoms with Gasteiger partial charge in [0.25, 0.3) is 5.91 Å². The van der Waals surface area contributed by atoms with Crippen LogP contribution >= 0.6 is 11.3 Å². The van der Waals surface area contributed by atoms with Crippen molar-refractivity contribution < 1.29 is 9.18 Å². The van der Waals surface area contributed by atoms with Crippen molar-refractivity contribution in [3.63, 3.8) is 0 Å². The molecule has 0 aliphatic carbocycles. The number of amides is 1. The fourth-order valence-electron chi connectivity index (χ4n) is 3.61. The van der Waals surface area contributed by atoms with E-state index in [1.807, 2.05) is 46.1 Å². The van der Waals surface area contributed by atoms with Gasteiger partial charge in [-0.1, -0.05) is 35.5 Å². The summed E-state index contributed by atoms with van der Waals surface area (Å²) in [7, 11) is 0. The minimum Gasteiger partial charge on any atom is -0.336 e. The highest BCUT2D eigenvalue weighted by Gasteiger charge is 2.29. The summed E-state index contributed by atoms with van der Waals surface area (Å²) in [6.45, 7) is 1.27. The Balaban J connectivity index is 1.32. The molecule has 2 aromatic heterocycles. The lowest BCUT2D eigenvalue weighted by Crippen LogP contribution is -2.28. The van der Waals surface area contributed by atoms with Crippen molar-refractivity contribution in [1.29, 1.82) is 0 Å². The Kier molecular flexibility index (Phi) is 4.16. The van der Waals surface area contributed by atoms with Crippen molar-refractivity contribution in [3.05, 3.63) is 71.5 Å². The maximum absolute atomic E-state index is 13.4. The minimum atomic E-state index is -0.286. The fraction of sp³-hybridized carbons (Fsp3) is 0.190. The zero-order chi connectivity index (χ0) is 19.1. The molecule has 5 rings (SSSR count). The Morgan fingerprint density at radius 3 is 2.86 bits per heavy atom. The quantitative estimate of drug-likeness (QED) is 0.520. The van der Waals surface area contributed by atoms with Crippen LogP contribution in [-0.4, -0.2) is 38.9 Å². The van der Waals surface area contributed by atoms with Crippen LogP contribution in [0.15, 0.2) is 60.8 Å². The number of aromatic nitrogens is 3. The van der Waals surface area contributed by atoms with E-state index < -0.39 is 0 Å². The second kappa shape index (κ2) is 6.83. The second-order valence-corrected chi connectivity index (χ2v) is 8.02. The Morgan fingerprint density at radius 1 is 1.14 bits per heavy atom. The Hall–Kier alpha value is -3.06. The van der Waals surface area contributed by atoms with Gasteiger partial charge in [0, 0.05) is 23.4 Å². The predicted octanol–water partition coefficient (Wildman–Crippen LogP) is 4.39. The van der Waals surface area contributed by atoms with Crippen molar-refractivity contribution in [3.8, 4) is 11.3 Å². The van der Waals surface area contributed by atoms with E-state index in [1.165, 1.54) is 23.5 Å². The molecule has 0 radical (unpaired) electrons. The molecule has 3 heterocycles. The van der Waals surface area contributed by atoms with Crippen LogP contribution in [0.4, 0.5) is 4.39 Å². The van der Waals surface area contributed by atoms with Gasteiger partial charge in [-0.15, -0.1) is 16.4 Å². The molecule has 1 fully saturated rings. The zero-order valence-electron chi connectivity index (χ0n) is 15.0. The van der Waals surface area contributed by atoms with Crippen molar-refractivity contribution >= 4 is 27.3 Å². The summed E-state index contributed by atoms with van der Waals surface area (Å²) in [6, 6.07) is 16.4. The van der Waals surface area contributed by atoms with Crippen molar-refractivity contribution in [2.75, 3.05) is 13.1 Å². The number of carbonyl (C=O) groups excluding carboxylic acids is 1. The summed E-state index contributed by atoms with van der Waals surface area (Å²) >= 11 is 1.41. The smallest absolute Gasteiger partial charge is 0.264 e. The Morgan fingerprint density at radius 2 is 2.00 bits per heavy atom. The van der Waals surface area contributed by atoms with E-state index in [9.17, 15) is 9.18 Å². The van der Waals surface area contributed by atoms with E-state index in [4.69, 9.17) is 0 Å². The largest absolute Gasteiger partial charge is 0.336 e. The lowest BCUT2D eigenvalue weighted by Gasteiger charge is -2.15. The molecule has 0 spiro atoms. The summed E-state index contributed by atoms with van der Waals surface area (Å²) in [4.78, 5) is 15.4. The van der Waals surface area contributed by atoms with E-state index in [2.05, 4.69) is 10.3 Å². The van der Waals surface area contributed by atoms with Gasteiger partial charge in [-0.25, -0.2) is 9.07 Å². The minimum absolute atomic E-state index is 0.00694. The normalized spacial score (nSPS) is 16.8. The van der Waals surface area contributed by atoms with Crippen LogP contribution in [-0.2, 0) is 0 Å². The summed E-state index contributed by atoms with van der Waals surface area (Å²) < 4.78 is 16.2. The van der Waals surface area contributed by atoms with Gasteiger partial charge < -0.3 is 4.90 Å². The van der Waals surface area contributed by atoms with Gasteiger partial charge in [0.05, 0.1) is 17.1 Å². The molecular formula is C21H17FN4OS. The highest BCUT2D eigenvalue weighted by atomic mass is 32.1. The number of nitrogens with zero attached hydrogens (tertiary/aromatic N) is 4. The molecule has 4 aromatic rings. The number of carbonyl (C=O) groups is 1. The second-order valence-electron chi connectivity index (χ2n) is 6.94. The Bertz CT molecular complexity index is 1150. The van der Waals surface area contributed by atoms with Crippen LogP contribution in [0.3, 0.4) is 0 Å². The first-order chi connectivity index (χ1) is 13.7. The molecule has 0 saturated carbocycles. The van der Waals surface area contributed by atoms with E-state index in [0.717, 1.165) is 27.8 Å². The van der Waals surface area contributed by atoms with Crippen molar-refractivity contribution in [1.82, 2.24) is 19.9 Å². The molecule has 28 heavy (non-hydrogen) atoms. The van der Waals surface area contributed by atoms with Gasteiger partial charge in [-0.05, 0) is 36.1 Å². The van der Waals surface area contributed by atoms with Gasteiger partial charge in [-0.3, -0.25) is 4.79 Å². The highest BCUT2D eigenvalue weighted by Crippen LogP contribution is 2.30. The maximum atomic E-state index is 13.4. The monoisotopic (exact) mass is 392 g/mol. The molecule has 1 saturated heterocycles. The highest BCUT2D eigenvalue weighted by molar-refractivity contribution is 7.20. The average Bonchev–Trinajstić information content (AvgIpc) is 3.46. The standard InChI is InChI=1S/C21H17FN4OS/c22-16-6-7-19-15(10-16)11-20(28-19)21(27)25-9-8-17(12-25)26-13-18(23-24-26)14-4-2-1-3-5-14/h1-7,10-11,13,17H,8-9,12H2. The van der Waals surface area contributed by atoms with Crippen LogP contribution in [0.25, 0.3) is 21.3 Å². The van der Waals surface area contributed by atoms with E-state index in [1.54, 1.807) is 12.1 Å². The first-order valence-electron chi connectivity index (χ1n) is 9.13. The number of hydrogen-bond donors (Lipinski definition) is 0. The van der Waals surface area contributed by atoms with E-state index >= 15 is 0 Å². The fourth-order valence-corrected chi connectivity index (χ4v) is 4.63. The molecule has 1 atom stereocenters. The molecule has 1 unspecified atom stereocenters. The summed E-state index contributed by atoms with van der Waals surface area (Å²) in [5, 5.41) is 9.32. The molecule has 1 aliphatic rings. The van der Waals surface area contributed by atoms with Crippen molar-refractivity contribution in [2.24, 2.45) is 0 Å². The first kappa shape index (κ1) is 17.1. The number of fused-ring (bicyclic) bond motifs is 1. The number of benzene rings is 2. The van der Waals surface area contributed by atoms with E-state index in [-0.39, 0.29) is 17.8 Å². The third-order valence-corrected chi connectivity index (χ3v) is 6.20. The van der Waals surface area contributed by atoms with Gasteiger partial charge in [-0.2, -0.15) is 0 Å². The molecule has 7 heteroatoms. The third kappa shape index (κ3) is 3.07. The Labute approximate surface area is 165 Å². The molecule has 140 valence electrons. The molecule has 0 bridgehead atoms. The van der Waals surface area contributed by atoms with Crippen molar-refractivity contribution in [2.45, 2.75) is 12.5 Å². The molecule has 5 nitrogen and oxygen atoms in total. The number of halogens is 1. The lowest BCUT2D eigenvalue weighted by atomic mass is 10.2. The van der Waals surface area contributed by atoms with Gasteiger partial charge in [0.15, 0.2) is 0 Å². The first-order valence-corrected chi connectivity index (χ1v) is 9.95. The zero-order valence-corrected chi connectivity index (χ0v) is 15.8. The van der Waals surface area contributed by atoms with Crippen LogP contribution < -0.4 is 0 Å². The predicted molar refractivity (Wildman–Crippen MR) is 107 cm³/mol. The number of hydrogen-bond acceptors (Lipinski definition) is 4. The van der Waals surface area contributed by atoms with Gasteiger partial charge >= 0.3 is 0 Å². The van der Waals surface area contributed by atoms with E-state index in [0.29, 0.717) is 18.0 Å². The van der Waals surface area contributed by atoms with Crippen LogP contribution in [0.5, 0.6) is 0 Å². The maximum Gasteiger partial charge on any atom is 0.264 e. The summed E-state index contributed by atoms with van der Waals surface area (Å²) in [5.41, 5.74) is 1.86. The topological polar surface area (TPSA) is 51.0 Å². The molecule has 1 amide bonds. The molecule has 0 N–H and O–H groups in total. The SMILES string of the molecule is O=C(c1cc2cc(F)ccc2s1)N1CCC(n2cc(-c3ccccc3)nn2)C1. The number of thiophene rings is 1. The number of rotatable bonds is 3. The van der Waals surface area contributed by atoms with Crippen LogP contribution in [0.2, 0.25) is 0 Å². The summed E-state index contributed by atoms with van der Waals surface area (Å²) in [6.07, 6.45) is 2.78. The van der Waals surface area contributed by atoms with Crippen LogP contribution in [0.1, 0.15) is 22.1 Å². The van der Waals surface area contributed by atoms with Gasteiger partial charge in [0.1, 0.15) is 11.5 Å². The molecular weight excluding hydrogens is 375 g/mol. The van der Waals surface area contributed by atoms with Gasteiger partial charge in [0.2, 0.25) is 0 Å². The molecule has 2 aromatic carbocycles. The third-order valence-electron chi connectivity index (χ3n) is 5.09.